The lowest BCUT2D eigenvalue weighted by Gasteiger charge is -2.25. The third kappa shape index (κ3) is 5.05. The molecule has 1 aliphatic rings. The molecule has 1 aliphatic heterocycles. The summed E-state index contributed by atoms with van der Waals surface area (Å²) in [6.07, 6.45) is 0. The van der Waals surface area contributed by atoms with Gasteiger partial charge in [0.2, 0.25) is 11.8 Å². The van der Waals surface area contributed by atoms with Crippen LogP contribution in [0.2, 0.25) is 0 Å². The summed E-state index contributed by atoms with van der Waals surface area (Å²) in [6, 6.07) is 10.2. The molecule has 2 aromatic rings. The molecule has 152 valence electrons. The van der Waals surface area contributed by atoms with Crippen molar-refractivity contribution in [2.45, 2.75) is 31.3 Å². The molecule has 0 fully saturated rings. The second-order valence-corrected chi connectivity index (χ2v) is 7.78. The number of anilines is 2. The fourth-order valence-corrected chi connectivity index (χ4v) is 4.13. The number of nitrogens with two attached hydrogens (primary N) is 1. The first-order valence-corrected chi connectivity index (χ1v) is 10.1. The largest absolute Gasteiger partial charge is 0.384 e. The Morgan fingerprint density at radius 2 is 2.03 bits per heavy atom. The molecule has 1 atom stereocenters. The van der Waals surface area contributed by atoms with Crippen LogP contribution < -0.4 is 21.3 Å². The van der Waals surface area contributed by atoms with Crippen molar-refractivity contribution in [2.24, 2.45) is 0 Å². The van der Waals surface area contributed by atoms with Crippen LogP contribution in [0.25, 0.3) is 0 Å². The van der Waals surface area contributed by atoms with Crippen molar-refractivity contribution in [1.29, 1.82) is 0 Å². The summed E-state index contributed by atoms with van der Waals surface area (Å²) < 4.78 is 0. The van der Waals surface area contributed by atoms with Gasteiger partial charge in [-0.2, -0.15) is 0 Å². The number of carbonyl (C=O) groups excluding carboxylic acids is 3. The fourth-order valence-electron chi connectivity index (χ4n) is 3.05. The Morgan fingerprint density at radius 1 is 1.28 bits per heavy atom. The van der Waals surface area contributed by atoms with E-state index in [1.54, 1.807) is 12.1 Å². The monoisotopic (exact) mass is 413 g/mol. The highest BCUT2D eigenvalue weighted by molar-refractivity contribution is 7.99. The van der Waals surface area contributed by atoms with E-state index in [0.717, 1.165) is 16.2 Å². The van der Waals surface area contributed by atoms with E-state index in [4.69, 9.17) is 5.73 Å². The third-order valence-corrected chi connectivity index (χ3v) is 5.65. The van der Waals surface area contributed by atoms with Gasteiger partial charge < -0.3 is 21.3 Å². The summed E-state index contributed by atoms with van der Waals surface area (Å²) in [4.78, 5) is 43.7. The van der Waals surface area contributed by atoms with E-state index in [9.17, 15) is 14.4 Å². The summed E-state index contributed by atoms with van der Waals surface area (Å²) in [5, 5.41) is 5.50. The van der Waals surface area contributed by atoms with Crippen LogP contribution in [0.1, 0.15) is 18.2 Å². The highest BCUT2D eigenvalue weighted by Gasteiger charge is 2.32. The van der Waals surface area contributed by atoms with Gasteiger partial charge in [-0.25, -0.2) is 4.98 Å². The van der Waals surface area contributed by atoms with Crippen LogP contribution in [-0.2, 0) is 20.9 Å². The topological polar surface area (TPSA) is 117 Å². The number of benzene rings is 1. The Hall–Kier alpha value is -3.07. The molecule has 0 spiro atoms. The van der Waals surface area contributed by atoms with E-state index in [-0.39, 0.29) is 30.8 Å². The minimum atomic E-state index is -0.693. The Balaban J connectivity index is 1.75. The maximum Gasteiger partial charge on any atom is 0.250 e. The average Bonchev–Trinajstić information content (AvgIpc) is 2.79. The number of aryl methyl sites for hydroxylation is 1. The summed E-state index contributed by atoms with van der Waals surface area (Å²) in [6.45, 7) is 3.33. The zero-order valence-electron chi connectivity index (χ0n) is 16.3. The highest BCUT2D eigenvalue weighted by atomic mass is 32.2. The van der Waals surface area contributed by atoms with Crippen LogP contribution in [0.5, 0.6) is 0 Å². The van der Waals surface area contributed by atoms with Gasteiger partial charge in [0.1, 0.15) is 18.4 Å². The Bertz CT molecular complexity index is 949. The summed E-state index contributed by atoms with van der Waals surface area (Å²) in [5.41, 5.74) is 7.91. The molecule has 8 nitrogen and oxygen atoms in total. The second kappa shape index (κ2) is 8.95. The van der Waals surface area contributed by atoms with Gasteiger partial charge in [-0.15, -0.1) is 11.8 Å². The standard InChI is InChI=1S/C20H23N5O3S/c1-12-14(7-8-18(21)23-12)9-22-19(27)10-25-16-5-3-4-6-17(16)29-11-15(20(25)28)24-13(2)26/h3-8,15H,9-11H2,1-2H3,(H2,21,23)(H,22,27)(H,24,26)/t15-/m0/s1. The molecule has 0 radical (unpaired) electrons. The van der Waals surface area contributed by atoms with Crippen molar-refractivity contribution in [3.63, 3.8) is 0 Å². The molecule has 1 aromatic carbocycles. The maximum absolute atomic E-state index is 13.0. The number of nitrogens with zero attached hydrogens (tertiary/aromatic N) is 2. The van der Waals surface area contributed by atoms with Crippen molar-refractivity contribution >= 4 is 41.0 Å². The lowest BCUT2D eigenvalue weighted by Crippen LogP contribution is -2.51. The van der Waals surface area contributed by atoms with Gasteiger partial charge in [-0.3, -0.25) is 14.4 Å². The van der Waals surface area contributed by atoms with E-state index in [0.29, 0.717) is 17.3 Å². The molecule has 3 amide bonds. The Morgan fingerprint density at radius 3 is 2.76 bits per heavy atom. The van der Waals surface area contributed by atoms with Crippen molar-refractivity contribution in [2.75, 3.05) is 22.9 Å². The number of nitrogens with one attached hydrogen (secondary N) is 2. The van der Waals surface area contributed by atoms with Crippen molar-refractivity contribution in [3.05, 3.63) is 47.7 Å². The molecule has 29 heavy (non-hydrogen) atoms. The number of nitrogen functional groups attached to an aromatic ring is 1. The number of amides is 3. The average molecular weight is 414 g/mol. The Kier molecular flexibility index (Phi) is 6.38. The zero-order valence-corrected chi connectivity index (χ0v) is 17.1. The van der Waals surface area contributed by atoms with Crippen LogP contribution in [0, 0.1) is 6.92 Å². The first kappa shape index (κ1) is 20.7. The number of aromatic nitrogens is 1. The smallest absolute Gasteiger partial charge is 0.250 e. The number of carbonyl (C=O) groups is 3. The molecule has 2 heterocycles. The number of hydrogen-bond donors (Lipinski definition) is 3. The second-order valence-electron chi connectivity index (χ2n) is 6.71. The first-order chi connectivity index (χ1) is 13.8. The molecule has 0 bridgehead atoms. The number of para-hydroxylation sites is 1. The molecular formula is C20H23N5O3S. The van der Waals surface area contributed by atoms with Crippen molar-refractivity contribution in [3.8, 4) is 0 Å². The number of hydrogen-bond acceptors (Lipinski definition) is 6. The predicted octanol–water partition coefficient (Wildman–Crippen LogP) is 1.23. The van der Waals surface area contributed by atoms with Gasteiger partial charge >= 0.3 is 0 Å². The number of thioether (sulfide) groups is 1. The van der Waals surface area contributed by atoms with E-state index in [1.807, 2.05) is 31.2 Å². The van der Waals surface area contributed by atoms with Crippen LogP contribution in [0.4, 0.5) is 11.5 Å². The molecule has 0 saturated heterocycles. The number of rotatable bonds is 5. The van der Waals surface area contributed by atoms with Gasteiger partial charge in [0, 0.05) is 29.8 Å². The quantitative estimate of drug-likeness (QED) is 0.679. The molecule has 9 heteroatoms. The molecule has 4 N–H and O–H groups in total. The minimum Gasteiger partial charge on any atom is -0.384 e. The number of fused-ring (bicyclic) bond motifs is 1. The van der Waals surface area contributed by atoms with E-state index < -0.39 is 6.04 Å². The van der Waals surface area contributed by atoms with E-state index in [2.05, 4.69) is 15.6 Å². The number of pyridine rings is 1. The van der Waals surface area contributed by atoms with Crippen molar-refractivity contribution in [1.82, 2.24) is 15.6 Å². The first-order valence-electron chi connectivity index (χ1n) is 9.14. The molecule has 1 aromatic heterocycles. The normalized spacial score (nSPS) is 16.0. The molecule has 3 rings (SSSR count). The van der Waals surface area contributed by atoms with Crippen molar-refractivity contribution < 1.29 is 14.4 Å². The lowest BCUT2D eigenvalue weighted by molar-refractivity contribution is -0.127. The van der Waals surface area contributed by atoms with E-state index >= 15 is 0 Å². The summed E-state index contributed by atoms with van der Waals surface area (Å²) in [7, 11) is 0. The molecular weight excluding hydrogens is 390 g/mol. The van der Waals surface area contributed by atoms with Crippen LogP contribution in [0.3, 0.4) is 0 Å². The predicted molar refractivity (Wildman–Crippen MR) is 112 cm³/mol. The molecule has 0 unspecified atom stereocenters. The Labute approximate surface area is 173 Å². The third-order valence-electron chi connectivity index (χ3n) is 4.50. The van der Waals surface area contributed by atoms with Crippen LogP contribution in [-0.4, -0.2) is 41.0 Å². The summed E-state index contributed by atoms with van der Waals surface area (Å²) >= 11 is 1.48. The van der Waals surface area contributed by atoms with Crippen LogP contribution in [0.15, 0.2) is 41.3 Å². The van der Waals surface area contributed by atoms with Gasteiger partial charge in [0.25, 0.3) is 5.91 Å². The van der Waals surface area contributed by atoms with E-state index in [1.165, 1.54) is 23.6 Å². The molecule has 0 aliphatic carbocycles. The lowest BCUT2D eigenvalue weighted by atomic mass is 10.2. The highest BCUT2D eigenvalue weighted by Crippen LogP contribution is 2.34. The fraction of sp³-hybridized carbons (Fsp3) is 0.300. The van der Waals surface area contributed by atoms with Gasteiger partial charge in [-0.05, 0) is 30.7 Å². The van der Waals surface area contributed by atoms with Gasteiger partial charge in [-0.1, -0.05) is 18.2 Å². The van der Waals surface area contributed by atoms with Gasteiger partial charge in [0.05, 0.1) is 5.69 Å². The zero-order chi connectivity index (χ0) is 21.0. The minimum absolute atomic E-state index is 0.145. The van der Waals surface area contributed by atoms with Crippen LogP contribution >= 0.6 is 11.8 Å². The SMILES string of the molecule is CC(=O)N[C@H]1CSc2ccccc2N(CC(=O)NCc2ccc(N)nc2C)C1=O. The summed E-state index contributed by atoms with van der Waals surface area (Å²) in [5.74, 6) is -0.0726. The maximum atomic E-state index is 13.0. The molecule has 0 saturated carbocycles. The van der Waals surface area contributed by atoms with Gasteiger partial charge in [0.15, 0.2) is 0 Å².